The van der Waals surface area contributed by atoms with E-state index in [1.54, 1.807) is 12.1 Å². The summed E-state index contributed by atoms with van der Waals surface area (Å²) in [6.07, 6.45) is 2.42. The molecule has 4 aromatic carbocycles. The molecule has 0 saturated heterocycles. The number of ketones is 1. The van der Waals surface area contributed by atoms with Crippen LogP contribution in [0.3, 0.4) is 0 Å². The van der Waals surface area contributed by atoms with E-state index < -0.39 is 0 Å². The van der Waals surface area contributed by atoms with E-state index in [1.165, 1.54) is 0 Å². The number of carbonyl (C=O) groups is 1. The van der Waals surface area contributed by atoms with Gasteiger partial charge in [-0.15, -0.1) is 0 Å². The molecule has 0 aliphatic rings. The monoisotopic (exact) mass is 369 g/mol. The molecule has 0 bridgehead atoms. The first-order valence-electron chi connectivity index (χ1n) is 9.59. The summed E-state index contributed by atoms with van der Waals surface area (Å²) in [6.45, 7) is 0. The maximum absolute atomic E-state index is 12.5. The lowest BCUT2D eigenvalue weighted by molar-refractivity contribution is -0.119. The maximum Gasteiger partial charge on any atom is 0.133 e. The van der Waals surface area contributed by atoms with Gasteiger partial charge in [0.2, 0.25) is 0 Å². The molecule has 3 nitrogen and oxygen atoms in total. The third-order valence-electron chi connectivity index (χ3n) is 5.30. The van der Waals surface area contributed by atoms with Gasteiger partial charge in [0, 0.05) is 18.5 Å². The van der Waals surface area contributed by atoms with E-state index >= 15 is 0 Å². The van der Waals surface area contributed by atoms with Crippen LogP contribution in [-0.2, 0) is 17.6 Å². The van der Waals surface area contributed by atoms with Crippen molar-refractivity contribution in [2.24, 2.45) is 0 Å². The Morgan fingerprint density at radius 2 is 1.32 bits per heavy atom. The lowest BCUT2D eigenvalue weighted by atomic mass is 9.96. The molecule has 3 N–H and O–H groups in total. The van der Waals surface area contributed by atoms with Crippen molar-refractivity contribution in [3.63, 3.8) is 0 Å². The molecule has 4 aromatic rings. The Morgan fingerprint density at radius 3 is 1.96 bits per heavy atom. The van der Waals surface area contributed by atoms with Crippen LogP contribution in [0.2, 0.25) is 0 Å². The Labute approximate surface area is 164 Å². The summed E-state index contributed by atoms with van der Waals surface area (Å²) < 4.78 is 0. The summed E-state index contributed by atoms with van der Waals surface area (Å²) in [4.78, 5) is 12.5. The molecule has 0 amide bonds. The van der Waals surface area contributed by atoms with Gasteiger partial charge in [-0.05, 0) is 69.8 Å². The number of hydrogen-bond acceptors (Lipinski definition) is 3. The van der Waals surface area contributed by atoms with Crippen molar-refractivity contribution in [3.05, 3.63) is 83.9 Å². The average molecular weight is 369 g/mol. The quantitative estimate of drug-likeness (QED) is 0.446. The standard InChI is InChI=1S/C25H23NO2/c26-21-11-7-17-3-1-4-18(24(17)15-21)8-12-22(27)13-9-19-5-2-6-20-10-14-23(28)16-25(19)20/h1-7,10-11,14-16,28H,8-9,12-13,26H2. The number of benzene rings is 4. The average Bonchev–Trinajstić information content (AvgIpc) is 2.70. The molecule has 28 heavy (non-hydrogen) atoms. The number of aromatic hydroxyl groups is 1. The van der Waals surface area contributed by atoms with Crippen molar-refractivity contribution >= 4 is 33.0 Å². The maximum atomic E-state index is 12.5. The minimum Gasteiger partial charge on any atom is -0.508 e. The highest BCUT2D eigenvalue weighted by Gasteiger charge is 2.08. The molecule has 0 saturated carbocycles. The number of phenols is 1. The second-order valence-corrected chi connectivity index (χ2v) is 7.26. The number of nitrogen functional groups attached to an aromatic ring is 1. The van der Waals surface area contributed by atoms with E-state index in [0.717, 1.165) is 44.8 Å². The summed E-state index contributed by atoms with van der Waals surface area (Å²) >= 11 is 0. The molecular formula is C25H23NO2. The van der Waals surface area contributed by atoms with Crippen LogP contribution in [0.4, 0.5) is 5.69 Å². The van der Waals surface area contributed by atoms with Gasteiger partial charge in [0.15, 0.2) is 0 Å². The topological polar surface area (TPSA) is 63.3 Å². The number of aryl methyl sites for hydroxylation is 2. The predicted octanol–water partition coefficient (Wildman–Crippen LogP) is 5.42. The van der Waals surface area contributed by atoms with Crippen molar-refractivity contribution in [2.45, 2.75) is 25.7 Å². The third-order valence-corrected chi connectivity index (χ3v) is 5.30. The second kappa shape index (κ2) is 7.73. The number of anilines is 1. The van der Waals surface area contributed by atoms with Gasteiger partial charge in [0.05, 0.1) is 0 Å². The summed E-state index contributed by atoms with van der Waals surface area (Å²) in [7, 11) is 0. The molecule has 0 radical (unpaired) electrons. The van der Waals surface area contributed by atoms with Gasteiger partial charge in [-0.1, -0.05) is 48.5 Å². The second-order valence-electron chi connectivity index (χ2n) is 7.26. The molecule has 0 unspecified atom stereocenters. The Bertz CT molecular complexity index is 1070. The van der Waals surface area contributed by atoms with E-state index in [4.69, 9.17) is 5.73 Å². The number of rotatable bonds is 6. The zero-order valence-electron chi connectivity index (χ0n) is 15.7. The molecule has 0 heterocycles. The largest absolute Gasteiger partial charge is 0.508 e. The predicted molar refractivity (Wildman–Crippen MR) is 116 cm³/mol. The van der Waals surface area contributed by atoms with E-state index in [1.807, 2.05) is 48.5 Å². The third kappa shape index (κ3) is 3.84. The van der Waals surface area contributed by atoms with E-state index in [2.05, 4.69) is 12.1 Å². The molecule has 4 rings (SSSR count). The highest BCUT2D eigenvalue weighted by atomic mass is 16.3. The molecular weight excluding hydrogens is 346 g/mol. The van der Waals surface area contributed by atoms with Crippen molar-refractivity contribution in [3.8, 4) is 5.75 Å². The molecule has 0 atom stereocenters. The zero-order valence-corrected chi connectivity index (χ0v) is 15.7. The van der Waals surface area contributed by atoms with Gasteiger partial charge in [-0.25, -0.2) is 0 Å². The van der Waals surface area contributed by atoms with E-state index in [0.29, 0.717) is 19.3 Å². The van der Waals surface area contributed by atoms with Crippen molar-refractivity contribution in [1.29, 1.82) is 0 Å². The number of nitrogens with two attached hydrogens (primary N) is 1. The van der Waals surface area contributed by atoms with Gasteiger partial charge >= 0.3 is 0 Å². The Kier molecular flexibility index (Phi) is 4.98. The molecule has 0 aliphatic heterocycles. The van der Waals surface area contributed by atoms with Gasteiger partial charge in [0.1, 0.15) is 11.5 Å². The van der Waals surface area contributed by atoms with Gasteiger partial charge < -0.3 is 10.8 Å². The normalized spacial score (nSPS) is 11.1. The SMILES string of the molecule is Nc1ccc2cccc(CCC(=O)CCc3cccc4ccc(O)cc34)c2c1. The Balaban J connectivity index is 1.44. The first-order valence-corrected chi connectivity index (χ1v) is 9.59. The van der Waals surface area contributed by atoms with Gasteiger partial charge in [0.25, 0.3) is 0 Å². The number of carbonyl (C=O) groups excluding carboxylic acids is 1. The number of hydrogen-bond donors (Lipinski definition) is 2. The molecule has 0 aliphatic carbocycles. The summed E-state index contributed by atoms with van der Waals surface area (Å²) in [5.74, 6) is 0.500. The van der Waals surface area contributed by atoms with Gasteiger partial charge in [-0.2, -0.15) is 0 Å². The fraction of sp³-hybridized carbons (Fsp3) is 0.160. The molecule has 0 fully saturated rings. The molecule has 3 heteroatoms. The van der Waals surface area contributed by atoms with Crippen LogP contribution in [0.15, 0.2) is 72.8 Å². The van der Waals surface area contributed by atoms with Crippen LogP contribution in [-0.4, -0.2) is 10.9 Å². The Morgan fingerprint density at radius 1 is 0.750 bits per heavy atom. The lowest BCUT2D eigenvalue weighted by Gasteiger charge is -2.09. The number of Topliss-reactive ketones (excluding diaryl/α,β-unsaturated/α-hetero) is 1. The first kappa shape index (κ1) is 18.1. The minimum atomic E-state index is 0.248. The van der Waals surface area contributed by atoms with Crippen LogP contribution < -0.4 is 5.73 Å². The smallest absolute Gasteiger partial charge is 0.133 e. The fourth-order valence-electron chi connectivity index (χ4n) is 3.79. The number of phenolic OH excluding ortho intramolecular Hbond substituents is 1. The lowest BCUT2D eigenvalue weighted by Crippen LogP contribution is -2.03. The summed E-state index contributed by atoms with van der Waals surface area (Å²) in [5, 5.41) is 14.1. The Hall–Kier alpha value is -3.33. The van der Waals surface area contributed by atoms with Crippen LogP contribution in [0.25, 0.3) is 21.5 Å². The minimum absolute atomic E-state index is 0.248. The van der Waals surface area contributed by atoms with Crippen LogP contribution in [0.5, 0.6) is 5.75 Å². The summed E-state index contributed by atoms with van der Waals surface area (Å²) in [5.41, 5.74) is 8.93. The van der Waals surface area contributed by atoms with E-state index in [9.17, 15) is 9.90 Å². The van der Waals surface area contributed by atoms with Gasteiger partial charge in [-0.3, -0.25) is 4.79 Å². The van der Waals surface area contributed by atoms with Crippen LogP contribution in [0.1, 0.15) is 24.0 Å². The highest BCUT2D eigenvalue weighted by Crippen LogP contribution is 2.25. The van der Waals surface area contributed by atoms with E-state index in [-0.39, 0.29) is 11.5 Å². The molecule has 0 spiro atoms. The molecule has 0 aromatic heterocycles. The van der Waals surface area contributed by atoms with Crippen molar-refractivity contribution in [1.82, 2.24) is 0 Å². The number of fused-ring (bicyclic) bond motifs is 2. The fourth-order valence-corrected chi connectivity index (χ4v) is 3.79. The first-order chi connectivity index (χ1) is 13.6. The van der Waals surface area contributed by atoms with Crippen molar-refractivity contribution in [2.75, 3.05) is 5.73 Å². The summed E-state index contributed by atoms with van der Waals surface area (Å²) in [6, 6.07) is 23.5. The molecule has 140 valence electrons. The highest BCUT2D eigenvalue weighted by molar-refractivity contribution is 5.90. The van der Waals surface area contributed by atoms with Crippen LogP contribution >= 0.6 is 0 Å². The van der Waals surface area contributed by atoms with Crippen molar-refractivity contribution < 1.29 is 9.90 Å². The van der Waals surface area contributed by atoms with Crippen LogP contribution in [0, 0.1) is 0 Å². The zero-order chi connectivity index (χ0) is 19.5.